The Hall–Kier alpha value is -0.0800. The van der Waals surface area contributed by atoms with Gasteiger partial charge >= 0.3 is 0 Å². The van der Waals surface area contributed by atoms with Gasteiger partial charge in [-0.05, 0) is 25.7 Å². The van der Waals surface area contributed by atoms with Crippen LogP contribution in [0.3, 0.4) is 0 Å². The molecule has 3 atom stereocenters. The van der Waals surface area contributed by atoms with E-state index in [2.05, 4.69) is 5.06 Å². The van der Waals surface area contributed by atoms with Gasteiger partial charge in [0.05, 0.1) is 0 Å². The van der Waals surface area contributed by atoms with Crippen molar-refractivity contribution in [3.05, 3.63) is 0 Å². The average molecular weight is 139 g/mol. The van der Waals surface area contributed by atoms with E-state index in [0.29, 0.717) is 0 Å². The molecule has 0 aromatic rings. The summed E-state index contributed by atoms with van der Waals surface area (Å²) in [5.41, 5.74) is 0.290. The van der Waals surface area contributed by atoms with Crippen molar-refractivity contribution in [3.63, 3.8) is 0 Å². The fraction of sp³-hybridized carbons (Fsp3) is 1.00. The Bertz CT molecular complexity index is 171. The van der Waals surface area contributed by atoms with Crippen molar-refractivity contribution in [1.29, 1.82) is 0 Å². The van der Waals surface area contributed by atoms with Gasteiger partial charge in [0.15, 0.2) is 5.72 Å². The van der Waals surface area contributed by atoms with E-state index in [1.807, 2.05) is 0 Å². The van der Waals surface area contributed by atoms with E-state index in [1.165, 1.54) is 38.6 Å². The third-order valence-electron chi connectivity index (χ3n) is 3.31. The van der Waals surface area contributed by atoms with Crippen LogP contribution in [0.4, 0.5) is 0 Å². The fourth-order valence-corrected chi connectivity index (χ4v) is 2.70. The summed E-state index contributed by atoms with van der Waals surface area (Å²) in [5.74, 6) is 0.890. The molecule has 56 valence electrons. The van der Waals surface area contributed by atoms with Crippen LogP contribution in [0.15, 0.2) is 0 Å². The lowest BCUT2D eigenvalue weighted by atomic mass is 9.83. The zero-order chi connectivity index (χ0) is 6.60. The second kappa shape index (κ2) is 1.56. The molecule has 10 heavy (non-hydrogen) atoms. The van der Waals surface area contributed by atoms with E-state index in [1.54, 1.807) is 0 Å². The van der Waals surface area contributed by atoms with Crippen LogP contribution in [0.2, 0.25) is 0 Å². The average Bonchev–Trinajstić information content (AvgIpc) is 2.55. The molecule has 3 fully saturated rings. The molecular formula is C8H13NO. The fourth-order valence-electron chi connectivity index (χ4n) is 2.70. The van der Waals surface area contributed by atoms with E-state index < -0.39 is 0 Å². The summed E-state index contributed by atoms with van der Waals surface area (Å²) >= 11 is 0. The van der Waals surface area contributed by atoms with Crippen molar-refractivity contribution in [2.45, 2.75) is 37.8 Å². The maximum atomic E-state index is 5.58. The van der Waals surface area contributed by atoms with E-state index in [4.69, 9.17) is 4.84 Å². The number of hydrogen-bond donors (Lipinski definition) is 0. The Labute approximate surface area is 61.1 Å². The van der Waals surface area contributed by atoms with Gasteiger partial charge < -0.3 is 0 Å². The van der Waals surface area contributed by atoms with E-state index in [0.717, 1.165) is 5.92 Å². The van der Waals surface area contributed by atoms with E-state index in [-0.39, 0.29) is 5.72 Å². The molecule has 0 radical (unpaired) electrons. The molecule has 2 aliphatic heterocycles. The first-order valence-corrected chi connectivity index (χ1v) is 4.39. The Balaban J connectivity index is 1.89. The van der Waals surface area contributed by atoms with Crippen molar-refractivity contribution in [2.75, 3.05) is 6.54 Å². The van der Waals surface area contributed by atoms with Gasteiger partial charge in [-0.3, -0.25) is 4.84 Å². The van der Waals surface area contributed by atoms with Crippen molar-refractivity contribution in [1.82, 2.24) is 5.06 Å². The summed E-state index contributed by atoms with van der Waals surface area (Å²) < 4.78 is 0. The van der Waals surface area contributed by atoms with E-state index in [9.17, 15) is 0 Å². The highest BCUT2D eigenvalue weighted by Crippen LogP contribution is 2.56. The largest absolute Gasteiger partial charge is 0.271 e. The molecule has 2 heteroatoms. The Morgan fingerprint density at radius 1 is 1.30 bits per heavy atom. The first-order chi connectivity index (χ1) is 4.92. The van der Waals surface area contributed by atoms with Gasteiger partial charge in [0, 0.05) is 12.5 Å². The Morgan fingerprint density at radius 3 is 3.10 bits per heavy atom. The first-order valence-electron chi connectivity index (χ1n) is 4.39. The predicted molar refractivity (Wildman–Crippen MR) is 37.1 cm³/mol. The molecule has 0 bridgehead atoms. The molecule has 3 unspecified atom stereocenters. The summed E-state index contributed by atoms with van der Waals surface area (Å²) in [6.07, 6.45) is 6.92. The minimum atomic E-state index is 0.290. The third kappa shape index (κ3) is 0.487. The SMILES string of the molecule is C1CCC23ON2CCC3C1. The van der Waals surface area contributed by atoms with Crippen molar-refractivity contribution in [3.8, 4) is 0 Å². The number of hydroxylamine groups is 2. The quantitative estimate of drug-likeness (QED) is 0.473. The molecule has 3 rings (SSSR count). The van der Waals surface area contributed by atoms with Crippen LogP contribution in [-0.2, 0) is 4.84 Å². The zero-order valence-electron chi connectivity index (χ0n) is 6.18. The number of hydrogen-bond acceptors (Lipinski definition) is 2. The van der Waals surface area contributed by atoms with Gasteiger partial charge in [0.2, 0.25) is 0 Å². The summed E-state index contributed by atoms with van der Waals surface area (Å²) in [6, 6.07) is 0. The van der Waals surface area contributed by atoms with Gasteiger partial charge in [0.25, 0.3) is 0 Å². The maximum absolute atomic E-state index is 5.58. The lowest BCUT2D eigenvalue weighted by Gasteiger charge is -2.22. The Kier molecular flexibility index (Phi) is 0.868. The van der Waals surface area contributed by atoms with Crippen LogP contribution in [0, 0.1) is 5.92 Å². The highest BCUT2D eigenvalue weighted by atomic mass is 16.9. The lowest BCUT2D eigenvalue weighted by molar-refractivity contribution is 0.116. The predicted octanol–water partition coefficient (Wildman–Crippen LogP) is 1.52. The summed E-state index contributed by atoms with van der Waals surface area (Å²) in [5, 5.41) is 2.21. The van der Waals surface area contributed by atoms with Crippen molar-refractivity contribution >= 4 is 0 Å². The van der Waals surface area contributed by atoms with E-state index >= 15 is 0 Å². The summed E-state index contributed by atoms with van der Waals surface area (Å²) in [7, 11) is 0. The van der Waals surface area contributed by atoms with Crippen LogP contribution >= 0.6 is 0 Å². The Morgan fingerprint density at radius 2 is 2.30 bits per heavy atom. The van der Waals surface area contributed by atoms with Gasteiger partial charge in [-0.2, -0.15) is 5.06 Å². The van der Waals surface area contributed by atoms with Gasteiger partial charge in [-0.15, -0.1) is 0 Å². The molecule has 0 amide bonds. The van der Waals surface area contributed by atoms with Crippen LogP contribution in [-0.4, -0.2) is 17.3 Å². The second-order valence-corrected chi connectivity index (χ2v) is 3.77. The molecule has 1 aliphatic carbocycles. The molecule has 1 saturated carbocycles. The highest BCUT2D eigenvalue weighted by Gasteiger charge is 2.64. The second-order valence-electron chi connectivity index (χ2n) is 3.77. The summed E-state index contributed by atoms with van der Waals surface area (Å²) in [4.78, 5) is 5.58. The van der Waals surface area contributed by atoms with Crippen LogP contribution < -0.4 is 0 Å². The smallest absolute Gasteiger partial charge is 0.167 e. The first kappa shape index (κ1) is 5.56. The number of rotatable bonds is 0. The van der Waals surface area contributed by atoms with Crippen molar-refractivity contribution in [2.24, 2.45) is 5.92 Å². The standard InChI is InChI=1S/C8H13NO/c1-2-5-8-7(3-1)4-6-9(8)10-8/h7H,1-6H2. The molecule has 2 heterocycles. The minimum Gasteiger partial charge on any atom is -0.271 e. The third-order valence-corrected chi connectivity index (χ3v) is 3.31. The van der Waals surface area contributed by atoms with Crippen LogP contribution in [0.5, 0.6) is 0 Å². The molecule has 0 aromatic heterocycles. The monoisotopic (exact) mass is 139 g/mol. The molecule has 3 aliphatic rings. The molecule has 0 aromatic carbocycles. The molecule has 2 nitrogen and oxygen atoms in total. The highest BCUT2D eigenvalue weighted by molar-refractivity contribution is 5.01. The zero-order valence-corrected chi connectivity index (χ0v) is 6.18. The van der Waals surface area contributed by atoms with Crippen LogP contribution in [0.1, 0.15) is 32.1 Å². The van der Waals surface area contributed by atoms with Gasteiger partial charge in [-0.1, -0.05) is 6.42 Å². The normalized spacial score (nSPS) is 57.6. The maximum Gasteiger partial charge on any atom is 0.167 e. The van der Waals surface area contributed by atoms with Gasteiger partial charge in [-0.25, -0.2) is 0 Å². The van der Waals surface area contributed by atoms with Crippen LogP contribution in [0.25, 0.3) is 0 Å². The topological polar surface area (TPSA) is 15.5 Å². The summed E-state index contributed by atoms with van der Waals surface area (Å²) in [6.45, 7) is 1.20. The molecular weight excluding hydrogens is 126 g/mol. The molecule has 1 spiro atoms. The lowest BCUT2D eigenvalue weighted by Crippen LogP contribution is -2.25. The molecule has 2 saturated heterocycles. The minimum absolute atomic E-state index is 0.290. The van der Waals surface area contributed by atoms with Gasteiger partial charge in [0.1, 0.15) is 0 Å². The number of nitrogens with zero attached hydrogens (tertiary/aromatic N) is 1. The molecule has 0 N–H and O–H groups in total. The van der Waals surface area contributed by atoms with Crippen molar-refractivity contribution < 1.29 is 4.84 Å².